The summed E-state index contributed by atoms with van der Waals surface area (Å²) in [7, 11) is 1.43. The third kappa shape index (κ3) is 3.56. The number of hydrogen-bond donors (Lipinski definition) is 2. The van der Waals surface area contributed by atoms with E-state index in [2.05, 4.69) is 0 Å². The van der Waals surface area contributed by atoms with Crippen LogP contribution in [-0.4, -0.2) is 29.0 Å². The first kappa shape index (κ1) is 21.0. The number of aromatic hydroxyl groups is 1. The Morgan fingerprint density at radius 3 is 2.44 bits per heavy atom. The van der Waals surface area contributed by atoms with Crippen molar-refractivity contribution in [1.82, 2.24) is 0 Å². The van der Waals surface area contributed by atoms with Crippen molar-refractivity contribution in [1.29, 1.82) is 0 Å². The number of benzene rings is 3. The minimum absolute atomic E-state index is 0.158. The van der Waals surface area contributed by atoms with E-state index in [4.69, 9.17) is 4.74 Å². The highest BCUT2D eigenvalue weighted by atomic mass is 19.1. The third-order valence-electron chi connectivity index (χ3n) is 5.14. The van der Waals surface area contributed by atoms with Gasteiger partial charge < -0.3 is 14.9 Å². The molecule has 32 heavy (non-hydrogen) atoms. The summed E-state index contributed by atoms with van der Waals surface area (Å²) in [5.41, 5.74) is -0.200. The number of methoxy groups -OCH3 is 1. The molecular weight excluding hydrogens is 420 g/mol. The number of aliphatic hydroxyl groups excluding tert-OH is 1. The average Bonchev–Trinajstić information content (AvgIpc) is 3.04. The molecule has 3 aromatic carbocycles. The fraction of sp³-hybridized carbons (Fsp3) is 0.0833. The van der Waals surface area contributed by atoms with Gasteiger partial charge in [-0.05, 0) is 42.0 Å². The lowest BCUT2D eigenvalue weighted by Crippen LogP contribution is -2.30. The van der Waals surface area contributed by atoms with Gasteiger partial charge in [-0.1, -0.05) is 24.3 Å². The van der Waals surface area contributed by atoms with Gasteiger partial charge in [-0.2, -0.15) is 0 Å². The van der Waals surface area contributed by atoms with Crippen molar-refractivity contribution in [3.05, 3.63) is 95.1 Å². The van der Waals surface area contributed by atoms with Crippen molar-refractivity contribution < 1.29 is 33.3 Å². The van der Waals surface area contributed by atoms with Crippen molar-refractivity contribution in [2.45, 2.75) is 6.04 Å². The van der Waals surface area contributed by atoms with Crippen LogP contribution in [0.25, 0.3) is 5.76 Å². The number of hydrogen-bond acceptors (Lipinski definition) is 5. The SMILES string of the molecule is COc1cccc(/C(O)=C2\C(=O)C(=O)N(c3ccc(F)cc3F)C2c2cccc(O)c2)c1. The van der Waals surface area contributed by atoms with E-state index in [0.717, 1.165) is 17.0 Å². The standard InChI is InChI=1S/C24H17F2NO5/c1-32-17-7-3-5-14(11-17)22(29)20-21(13-4-2-6-16(28)10-13)27(24(31)23(20)30)19-9-8-15(25)12-18(19)26/h2-12,21,28-29H,1H3/b22-20+. The number of ketones is 1. The molecule has 1 aliphatic rings. The molecule has 1 aliphatic heterocycles. The Morgan fingerprint density at radius 1 is 1.00 bits per heavy atom. The van der Waals surface area contributed by atoms with Gasteiger partial charge in [0.25, 0.3) is 11.7 Å². The molecule has 1 heterocycles. The number of rotatable bonds is 4. The van der Waals surface area contributed by atoms with E-state index in [1.54, 1.807) is 12.1 Å². The summed E-state index contributed by atoms with van der Waals surface area (Å²) in [5.74, 6) is -4.32. The van der Waals surface area contributed by atoms with Crippen LogP contribution >= 0.6 is 0 Å². The fourth-order valence-corrected chi connectivity index (χ4v) is 3.69. The van der Waals surface area contributed by atoms with E-state index in [9.17, 15) is 28.6 Å². The third-order valence-corrected chi connectivity index (χ3v) is 5.14. The quantitative estimate of drug-likeness (QED) is 0.361. The largest absolute Gasteiger partial charge is 0.508 e. The van der Waals surface area contributed by atoms with Gasteiger partial charge in [-0.25, -0.2) is 8.78 Å². The molecule has 6 nitrogen and oxygen atoms in total. The number of ether oxygens (including phenoxy) is 1. The molecule has 1 atom stereocenters. The van der Waals surface area contributed by atoms with Crippen LogP contribution < -0.4 is 9.64 Å². The fourth-order valence-electron chi connectivity index (χ4n) is 3.69. The maximum absolute atomic E-state index is 14.6. The number of phenolic OH excluding ortho intramolecular Hbond substituents is 1. The Hall–Kier alpha value is -4.20. The minimum atomic E-state index is -1.27. The molecule has 1 saturated heterocycles. The number of anilines is 1. The first-order chi connectivity index (χ1) is 15.3. The zero-order chi connectivity index (χ0) is 23.0. The zero-order valence-corrected chi connectivity index (χ0v) is 16.8. The Bertz CT molecular complexity index is 1270. The highest BCUT2D eigenvalue weighted by molar-refractivity contribution is 6.51. The van der Waals surface area contributed by atoms with Crippen LogP contribution in [0.4, 0.5) is 14.5 Å². The van der Waals surface area contributed by atoms with E-state index in [0.29, 0.717) is 11.8 Å². The van der Waals surface area contributed by atoms with Crippen LogP contribution in [0.15, 0.2) is 72.3 Å². The Morgan fingerprint density at radius 2 is 1.75 bits per heavy atom. The van der Waals surface area contributed by atoms with Crippen molar-refractivity contribution in [2.75, 3.05) is 12.0 Å². The number of carbonyl (C=O) groups excluding carboxylic acids is 2. The summed E-state index contributed by atoms with van der Waals surface area (Å²) in [6.45, 7) is 0. The topological polar surface area (TPSA) is 87.1 Å². The van der Waals surface area contributed by atoms with Gasteiger partial charge in [0.15, 0.2) is 0 Å². The van der Waals surface area contributed by atoms with E-state index in [1.807, 2.05) is 0 Å². The van der Waals surface area contributed by atoms with Crippen molar-refractivity contribution in [3.63, 3.8) is 0 Å². The van der Waals surface area contributed by atoms with E-state index in [-0.39, 0.29) is 28.1 Å². The number of phenols is 1. The number of aliphatic hydroxyl groups is 1. The molecule has 1 amide bonds. The summed E-state index contributed by atoms with van der Waals surface area (Å²) in [6, 6.07) is 13.2. The molecule has 1 fully saturated rings. The van der Waals surface area contributed by atoms with Gasteiger partial charge in [0.1, 0.15) is 28.9 Å². The molecule has 0 aromatic heterocycles. The predicted molar refractivity (Wildman–Crippen MR) is 112 cm³/mol. The summed E-state index contributed by atoms with van der Waals surface area (Å²) in [5, 5.41) is 21.0. The van der Waals surface area contributed by atoms with Crippen molar-refractivity contribution in [3.8, 4) is 11.5 Å². The van der Waals surface area contributed by atoms with Gasteiger partial charge >= 0.3 is 0 Å². The Kier molecular flexibility index (Phi) is 5.36. The Balaban J connectivity index is 1.98. The van der Waals surface area contributed by atoms with E-state index in [1.165, 1.54) is 43.5 Å². The summed E-state index contributed by atoms with van der Waals surface area (Å²) in [4.78, 5) is 26.8. The molecule has 0 aliphatic carbocycles. The molecule has 0 bridgehead atoms. The summed E-state index contributed by atoms with van der Waals surface area (Å²) >= 11 is 0. The lowest BCUT2D eigenvalue weighted by molar-refractivity contribution is -0.132. The van der Waals surface area contributed by atoms with Gasteiger partial charge in [0, 0.05) is 11.6 Å². The molecule has 4 rings (SSSR count). The molecule has 1 unspecified atom stereocenters. The number of Topliss-reactive ketones (excluding diaryl/α,β-unsaturated/α-hetero) is 1. The smallest absolute Gasteiger partial charge is 0.300 e. The average molecular weight is 437 g/mol. The first-order valence-electron chi connectivity index (χ1n) is 9.51. The lowest BCUT2D eigenvalue weighted by Gasteiger charge is -2.26. The summed E-state index contributed by atoms with van der Waals surface area (Å²) < 4.78 is 33.3. The molecule has 0 spiro atoms. The maximum Gasteiger partial charge on any atom is 0.300 e. The highest BCUT2D eigenvalue weighted by Gasteiger charge is 2.47. The van der Waals surface area contributed by atoms with Crippen LogP contribution in [0.1, 0.15) is 17.2 Å². The first-order valence-corrected chi connectivity index (χ1v) is 9.51. The number of halogens is 2. The normalized spacial score (nSPS) is 17.6. The number of amides is 1. The van der Waals surface area contributed by atoms with E-state index < -0.39 is 35.1 Å². The molecule has 0 saturated carbocycles. The van der Waals surface area contributed by atoms with Gasteiger partial charge in [0.2, 0.25) is 0 Å². The van der Waals surface area contributed by atoms with Crippen molar-refractivity contribution in [2.24, 2.45) is 0 Å². The Labute approximate surface area is 181 Å². The molecule has 2 N–H and O–H groups in total. The van der Waals surface area contributed by atoms with Crippen LogP contribution in [0.5, 0.6) is 11.5 Å². The van der Waals surface area contributed by atoms with Crippen LogP contribution in [0, 0.1) is 11.6 Å². The highest BCUT2D eigenvalue weighted by Crippen LogP contribution is 2.43. The van der Waals surface area contributed by atoms with Crippen LogP contribution in [0.3, 0.4) is 0 Å². The van der Waals surface area contributed by atoms with Gasteiger partial charge in [-0.15, -0.1) is 0 Å². The second-order valence-corrected chi connectivity index (χ2v) is 7.09. The van der Waals surface area contributed by atoms with E-state index >= 15 is 0 Å². The predicted octanol–water partition coefficient (Wildman–Crippen LogP) is 4.31. The van der Waals surface area contributed by atoms with Gasteiger partial charge in [0.05, 0.1) is 24.4 Å². The monoisotopic (exact) mass is 437 g/mol. The molecular formula is C24H17F2NO5. The molecule has 3 aromatic rings. The summed E-state index contributed by atoms with van der Waals surface area (Å²) in [6.07, 6.45) is 0. The zero-order valence-electron chi connectivity index (χ0n) is 16.8. The molecule has 8 heteroatoms. The lowest BCUT2D eigenvalue weighted by atomic mass is 9.95. The van der Waals surface area contributed by atoms with Crippen LogP contribution in [-0.2, 0) is 9.59 Å². The molecule has 0 radical (unpaired) electrons. The van der Waals surface area contributed by atoms with Crippen LogP contribution in [0.2, 0.25) is 0 Å². The number of nitrogens with zero attached hydrogens (tertiary/aromatic N) is 1. The van der Waals surface area contributed by atoms with Gasteiger partial charge in [-0.3, -0.25) is 14.5 Å². The van der Waals surface area contributed by atoms with Crippen molar-refractivity contribution >= 4 is 23.1 Å². The minimum Gasteiger partial charge on any atom is -0.508 e. The second-order valence-electron chi connectivity index (χ2n) is 7.09. The second kappa shape index (κ2) is 8.14. The number of carbonyl (C=O) groups is 2. The molecule has 162 valence electrons. The maximum atomic E-state index is 14.6.